The monoisotopic (exact) mass is 189 g/mol. The third-order valence-electron chi connectivity index (χ3n) is 1.61. The first-order valence-electron chi connectivity index (χ1n) is 3.42. The van der Waals surface area contributed by atoms with Gasteiger partial charge in [0.15, 0.2) is 0 Å². The number of nitrogens with two attached hydrogens (primary N) is 1. The zero-order valence-corrected chi connectivity index (χ0v) is 7.36. The maximum absolute atomic E-state index is 13.2. The number of hydrogen-bond donors (Lipinski definition) is 1. The van der Waals surface area contributed by atoms with Gasteiger partial charge in [0, 0.05) is 10.6 Å². The van der Waals surface area contributed by atoms with Crippen molar-refractivity contribution in [2.45, 2.75) is 13.5 Å². The van der Waals surface area contributed by atoms with Gasteiger partial charge in [-0.2, -0.15) is 0 Å². The van der Waals surface area contributed by atoms with Crippen LogP contribution in [0.5, 0.6) is 0 Å². The summed E-state index contributed by atoms with van der Waals surface area (Å²) in [7, 11) is 0. The molecule has 0 aromatic heterocycles. The highest BCUT2D eigenvalue weighted by Gasteiger charge is 2.09. The Kier molecular flexibility index (Phi) is 3.03. The second-order valence-corrected chi connectivity index (χ2v) is 2.88. The Morgan fingerprint density at radius 3 is 2.83 bits per heavy atom. The van der Waals surface area contributed by atoms with Gasteiger partial charge in [0.25, 0.3) is 0 Å². The van der Waals surface area contributed by atoms with Gasteiger partial charge in [0.1, 0.15) is 5.82 Å². The molecule has 0 aliphatic rings. The van der Waals surface area contributed by atoms with Crippen molar-refractivity contribution in [3.63, 3.8) is 0 Å². The SMILES string of the molecule is Cc1ccc(Cl)c(CON)c1F. The largest absolute Gasteiger partial charge is 0.300 e. The van der Waals surface area contributed by atoms with Gasteiger partial charge in [-0.3, -0.25) is 4.84 Å². The van der Waals surface area contributed by atoms with Crippen LogP contribution in [-0.2, 0) is 11.4 Å². The standard InChI is InChI=1S/C8H9ClFNO/c1-5-2-3-7(9)6(4-12-11)8(5)10/h2-3H,4,11H2,1H3. The van der Waals surface area contributed by atoms with Gasteiger partial charge in [-0.25, -0.2) is 10.3 Å². The lowest BCUT2D eigenvalue weighted by molar-refractivity contribution is 0.121. The summed E-state index contributed by atoms with van der Waals surface area (Å²) in [6.07, 6.45) is 0. The van der Waals surface area contributed by atoms with Crippen molar-refractivity contribution < 1.29 is 9.23 Å². The van der Waals surface area contributed by atoms with E-state index in [-0.39, 0.29) is 12.4 Å². The predicted octanol–water partition coefficient (Wildman–Crippen LogP) is 2.18. The van der Waals surface area contributed by atoms with E-state index in [1.54, 1.807) is 19.1 Å². The molecular weight excluding hydrogens is 181 g/mol. The molecule has 0 saturated carbocycles. The molecule has 66 valence electrons. The molecule has 2 nitrogen and oxygen atoms in total. The van der Waals surface area contributed by atoms with Crippen molar-refractivity contribution in [3.05, 3.63) is 34.1 Å². The van der Waals surface area contributed by atoms with E-state index in [1.165, 1.54) is 0 Å². The van der Waals surface area contributed by atoms with Crippen LogP contribution >= 0.6 is 11.6 Å². The Morgan fingerprint density at radius 1 is 1.58 bits per heavy atom. The molecule has 0 atom stereocenters. The molecule has 2 N–H and O–H groups in total. The molecule has 0 aliphatic carbocycles. The highest BCUT2D eigenvalue weighted by molar-refractivity contribution is 6.31. The van der Waals surface area contributed by atoms with Crippen molar-refractivity contribution in [1.29, 1.82) is 0 Å². The molecule has 12 heavy (non-hydrogen) atoms. The van der Waals surface area contributed by atoms with Crippen molar-refractivity contribution in [2.75, 3.05) is 0 Å². The minimum absolute atomic E-state index is 0.00759. The summed E-state index contributed by atoms with van der Waals surface area (Å²) in [6, 6.07) is 3.23. The Morgan fingerprint density at radius 2 is 2.25 bits per heavy atom. The maximum atomic E-state index is 13.2. The molecule has 4 heteroatoms. The van der Waals surface area contributed by atoms with Crippen molar-refractivity contribution >= 4 is 11.6 Å². The van der Waals surface area contributed by atoms with Crippen LogP contribution in [0.1, 0.15) is 11.1 Å². The highest BCUT2D eigenvalue weighted by Crippen LogP contribution is 2.22. The van der Waals surface area contributed by atoms with E-state index in [9.17, 15) is 4.39 Å². The average Bonchev–Trinajstić information content (AvgIpc) is 2.06. The van der Waals surface area contributed by atoms with Crippen LogP contribution in [0.3, 0.4) is 0 Å². The number of hydrogen-bond acceptors (Lipinski definition) is 2. The van der Waals surface area contributed by atoms with E-state index in [0.29, 0.717) is 16.1 Å². The Balaban J connectivity index is 3.14. The van der Waals surface area contributed by atoms with Gasteiger partial charge in [-0.15, -0.1) is 0 Å². The minimum atomic E-state index is -0.354. The lowest BCUT2D eigenvalue weighted by atomic mass is 10.1. The van der Waals surface area contributed by atoms with Crippen LogP contribution in [-0.4, -0.2) is 0 Å². The molecule has 0 radical (unpaired) electrons. The summed E-state index contributed by atoms with van der Waals surface area (Å²) in [5.41, 5.74) is 0.839. The van der Waals surface area contributed by atoms with Crippen molar-refractivity contribution in [1.82, 2.24) is 0 Å². The van der Waals surface area contributed by atoms with E-state index in [2.05, 4.69) is 4.84 Å². The number of halogens is 2. The Hall–Kier alpha value is -0.640. The number of aryl methyl sites for hydroxylation is 1. The van der Waals surface area contributed by atoms with Gasteiger partial charge < -0.3 is 0 Å². The molecule has 0 saturated heterocycles. The molecule has 1 aromatic carbocycles. The van der Waals surface area contributed by atoms with Crippen LogP contribution < -0.4 is 5.90 Å². The fraction of sp³-hybridized carbons (Fsp3) is 0.250. The average molecular weight is 190 g/mol. The van der Waals surface area contributed by atoms with Crippen LogP contribution in [0.15, 0.2) is 12.1 Å². The van der Waals surface area contributed by atoms with E-state index in [0.717, 1.165) is 0 Å². The summed E-state index contributed by atoms with van der Waals surface area (Å²) in [6.45, 7) is 1.65. The third kappa shape index (κ3) is 1.75. The lowest BCUT2D eigenvalue weighted by Crippen LogP contribution is -2.03. The van der Waals surface area contributed by atoms with E-state index >= 15 is 0 Å². The molecule has 0 aliphatic heterocycles. The molecule has 0 amide bonds. The van der Waals surface area contributed by atoms with Crippen LogP contribution in [0.2, 0.25) is 5.02 Å². The summed E-state index contributed by atoms with van der Waals surface area (Å²) < 4.78 is 13.2. The number of rotatable bonds is 2. The smallest absolute Gasteiger partial charge is 0.133 e. The highest BCUT2D eigenvalue weighted by atomic mass is 35.5. The fourth-order valence-electron chi connectivity index (χ4n) is 0.930. The van der Waals surface area contributed by atoms with E-state index in [4.69, 9.17) is 17.5 Å². The molecule has 0 unspecified atom stereocenters. The van der Waals surface area contributed by atoms with Gasteiger partial charge >= 0.3 is 0 Å². The van der Waals surface area contributed by atoms with Gasteiger partial charge in [0.05, 0.1) is 6.61 Å². The minimum Gasteiger partial charge on any atom is -0.300 e. The first-order chi connectivity index (χ1) is 5.66. The van der Waals surface area contributed by atoms with Crippen LogP contribution in [0, 0.1) is 12.7 Å². The first-order valence-corrected chi connectivity index (χ1v) is 3.79. The normalized spacial score (nSPS) is 10.3. The molecule has 0 heterocycles. The molecule has 0 bridgehead atoms. The van der Waals surface area contributed by atoms with Gasteiger partial charge in [-0.1, -0.05) is 17.7 Å². The van der Waals surface area contributed by atoms with Crippen molar-refractivity contribution in [3.8, 4) is 0 Å². The van der Waals surface area contributed by atoms with Crippen LogP contribution in [0.25, 0.3) is 0 Å². The summed E-state index contributed by atoms with van der Waals surface area (Å²) in [5.74, 6) is 4.47. The lowest BCUT2D eigenvalue weighted by Gasteiger charge is -2.05. The molecule has 0 spiro atoms. The molecule has 1 rings (SSSR count). The first kappa shape index (κ1) is 9.45. The fourth-order valence-corrected chi connectivity index (χ4v) is 1.13. The zero-order chi connectivity index (χ0) is 9.14. The Labute approximate surface area is 75.0 Å². The van der Waals surface area contributed by atoms with Crippen LogP contribution in [0.4, 0.5) is 4.39 Å². The van der Waals surface area contributed by atoms with Gasteiger partial charge in [0.2, 0.25) is 0 Å². The third-order valence-corrected chi connectivity index (χ3v) is 1.96. The second-order valence-electron chi connectivity index (χ2n) is 2.47. The summed E-state index contributed by atoms with van der Waals surface area (Å²) >= 11 is 5.70. The second kappa shape index (κ2) is 3.85. The molecular formula is C8H9ClFNO. The molecule has 0 fully saturated rings. The Bertz CT molecular complexity index is 291. The maximum Gasteiger partial charge on any atom is 0.133 e. The van der Waals surface area contributed by atoms with E-state index in [1.807, 2.05) is 0 Å². The summed E-state index contributed by atoms with van der Waals surface area (Å²) in [5, 5.41) is 0.337. The molecule has 1 aromatic rings. The topological polar surface area (TPSA) is 35.2 Å². The van der Waals surface area contributed by atoms with E-state index < -0.39 is 0 Å². The van der Waals surface area contributed by atoms with Crippen molar-refractivity contribution in [2.24, 2.45) is 5.90 Å². The quantitative estimate of drug-likeness (QED) is 0.724. The zero-order valence-electron chi connectivity index (χ0n) is 6.60. The van der Waals surface area contributed by atoms with Gasteiger partial charge in [-0.05, 0) is 18.6 Å². The predicted molar refractivity (Wildman–Crippen MR) is 45.1 cm³/mol. The summed E-state index contributed by atoms with van der Waals surface area (Å²) in [4.78, 5) is 4.32. The number of benzene rings is 1.